The lowest BCUT2D eigenvalue weighted by atomic mass is 9.95. The number of ether oxygens (including phenoxy) is 3. The largest absolute Gasteiger partial charge is 0.493 e. The van der Waals surface area contributed by atoms with Crippen molar-refractivity contribution in [2.24, 2.45) is 10.9 Å². The number of carbonyl (C=O) groups excluding carboxylic acids is 1. The van der Waals surface area contributed by atoms with Gasteiger partial charge in [-0.25, -0.2) is 4.99 Å². The number of hydrogen-bond donors (Lipinski definition) is 2. The molecular formula is C25H31N3O4S. The van der Waals surface area contributed by atoms with Gasteiger partial charge in [0.15, 0.2) is 16.7 Å². The van der Waals surface area contributed by atoms with E-state index < -0.39 is 6.04 Å². The van der Waals surface area contributed by atoms with Gasteiger partial charge in [0, 0.05) is 17.1 Å². The molecule has 176 valence electrons. The summed E-state index contributed by atoms with van der Waals surface area (Å²) < 4.78 is 16.6. The number of rotatable bonds is 8. The number of anilines is 1. The Bertz CT molecular complexity index is 1030. The van der Waals surface area contributed by atoms with Crippen molar-refractivity contribution >= 4 is 28.5 Å². The molecule has 1 aliphatic rings. The number of nitrogens with one attached hydrogen (secondary N) is 2. The van der Waals surface area contributed by atoms with Crippen molar-refractivity contribution in [1.29, 1.82) is 0 Å². The second-order valence-corrected chi connectivity index (χ2v) is 8.99. The molecule has 1 aliphatic heterocycles. The van der Waals surface area contributed by atoms with Gasteiger partial charge in [-0.2, -0.15) is 0 Å². The standard InChI is InChI=1S/C25H31N3O4S/c1-15(2)14-33-25-26-16(3)21(24(29)27-18-10-8-7-9-11-18)22(28-25)17-12-19(30-4)23(32-6)20(13-17)31-5/h7-13,15,22H,14H2,1-6H3,(H,26,28)(H,27,29)/t22-/m0/s1. The highest BCUT2D eigenvalue weighted by atomic mass is 32.2. The molecule has 0 saturated heterocycles. The molecule has 0 saturated carbocycles. The number of hydrogen-bond acceptors (Lipinski definition) is 7. The zero-order valence-corrected chi connectivity index (χ0v) is 20.7. The summed E-state index contributed by atoms with van der Waals surface area (Å²) in [5.74, 6) is 2.71. The molecule has 2 aromatic rings. The molecule has 0 fully saturated rings. The first kappa shape index (κ1) is 24.5. The minimum Gasteiger partial charge on any atom is -0.493 e. The maximum Gasteiger partial charge on any atom is 0.255 e. The van der Waals surface area contributed by atoms with Crippen LogP contribution in [0.25, 0.3) is 0 Å². The number of aliphatic imine (C=N–C) groups is 1. The van der Waals surface area contributed by atoms with Crippen LogP contribution in [0.5, 0.6) is 17.2 Å². The highest BCUT2D eigenvalue weighted by Gasteiger charge is 2.31. The molecular weight excluding hydrogens is 438 g/mol. The number of carbonyl (C=O) groups is 1. The Morgan fingerprint density at radius 1 is 1.09 bits per heavy atom. The first-order valence-electron chi connectivity index (χ1n) is 10.7. The van der Waals surface area contributed by atoms with Gasteiger partial charge in [-0.05, 0) is 42.7 Å². The SMILES string of the molecule is COc1cc([C@@H]2N=C(SCC(C)C)NC(C)=C2C(=O)Nc2ccccc2)cc(OC)c1OC. The van der Waals surface area contributed by atoms with Gasteiger partial charge < -0.3 is 24.8 Å². The predicted octanol–water partition coefficient (Wildman–Crippen LogP) is 5.01. The van der Waals surface area contributed by atoms with Crippen molar-refractivity contribution in [2.75, 3.05) is 32.4 Å². The van der Waals surface area contributed by atoms with Crippen molar-refractivity contribution in [3.63, 3.8) is 0 Å². The number of nitrogens with zero attached hydrogens (tertiary/aromatic N) is 1. The summed E-state index contributed by atoms with van der Waals surface area (Å²) in [4.78, 5) is 18.3. The monoisotopic (exact) mass is 469 g/mol. The van der Waals surface area contributed by atoms with E-state index in [2.05, 4.69) is 24.5 Å². The summed E-state index contributed by atoms with van der Waals surface area (Å²) in [6.45, 7) is 6.22. The van der Waals surface area contributed by atoms with Crippen LogP contribution in [0.1, 0.15) is 32.4 Å². The van der Waals surface area contributed by atoms with Crippen LogP contribution in [0.3, 0.4) is 0 Å². The van der Waals surface area contributed by atoms with Gasteiger partial charge in [0.2, 0.25) is 5.75 Å². The Kier molecular flexibility index (Phi) is 8.27. The average molecular weight is 470 g/mol. The van der Waals surface area contributed by atoms with Crippen molar-refractivity contribution in [1.82, 2.24) is 5.32 Å². The Labute approximate surface area is 199 Å². The van der Waals surface area contributed by atoms with E-state index in [0.29, 0.717) is 28.7 Å². The van der Waals surface area contributed by atoms with E-state index in [1.807, 2.05) is 49.4 Å². The van der Waals surface area contributed by atoms with E-state index in [9.17, 15) is 4.79 Å². The molecule has 0 aromatic heterocycles. The quantitative estimate of drug-likeness (QED) is 0.565. The number of thioether (sulfide) groups is 1. The van der Waals surface area contributed by atoms with Crippen LogP contribution >= 0.6 is 11.8 Å². The molecule has 2 N–H and O–H groups in total. The van der Waals surface area contributed by atoms with Gasteiger partial charge in [0.1, 0.15) is 6.04 Å². The van der Waals surface area contributed by atoms with E-state index >= 15 is 0 Å². The molecule has 0 aliphatic carbocycles. The molecule has 33 heavy (non-hydrogen) atoms. The van der Waals surface area contributed by atoms with Gasteiger partial charge >= 0.3 is 0 Å². The minimum absolute atomic E-state index is 0.221. The zero-order chi connectivity index (χ0) is 24.0. The second-order valence-electron chi connectivity index (χ2n) is 7.98. The summed E-state index contributed by atoms with van der Waals surface area (Å²) in [6, 6.07) is 12.5. The Balaban J connectivity index is 2.06. The Morgan fingerprint density at radius 3 is 2.27 bits per heavy atom. The van der Waals surface area contributed by atoms with Gasteiger partial charge in [-0.1, -0.05) is 43.8 Å². The van der Waals surface area contributed by atoms with Crippen molar-refractivity contribution in [2.45, 2.75) is 26.8 Å². The van der Waals surface area contributed by atoms with Crippen LogP contribution in [0.2, 0.25) is 0 Å². The molecule has 2 aromatic carbocycles. The number of amides is 1. The maximum absolute atomic E-state index is 13.4. The van der Waals surface area contributed by atoms with E-state index in [0.717, 1.165) is 27.9 Å². The Hall–Kier alpha value is -3.13. The fourth-order valence-corrected chi connectivity index (χ4v) is 4.38. The van der Waals surface area contributed by atoms with Gasteiger partial charge in [-0.15, -0.1) is 0 Å². The third-order valence-electron chi connectivity index (χ3n) is 5.05. The van der Waals surface area contributed by atoms with Crippen molar-refractivity contribution < 1.29 is 19.0 Å². The molecule has 8 heteroatoms. The summed E-state index contributed by atoms with van der Waals surface area (Å²) in [5.41, 5.74) is 2.77. The first-order chi connectivity index (χ1) is 15.9. The van der Waals surface area contributed by atoms with Gasteiger partial charge in [0.05, 0.1) is 26.9 Å². The van der Waals surface area contributed by atoms with Crippen LogP contribution < -0.4 is 24.8 Å². The van der Waals surface area contributed by atoms with Gasteiger partial charge in [0.25, 0.3) is 5.91 Å². The highest BCUT2D eigenvalue weighted by molar-refractivity contribution is 8.13. The minimum atomic E-state index is -0.543. The lowest BCUT2D eigenvalue weighted by Crippen LogP contribution is -2.32. The lowest BCUT2D eigenvalue weighted by Gasteiger charge is -2.27. The maximum atomic E-state index is 13.4. The normalized spacial score (nSPS) is 15.6. The van der Waals surface area contributed by atoms with Crippen LogP contribution in [0, 0.1) is 5.92 Å². The van der Waals surface area contributed by atoms with Crippen LogP contribution in [0.15, 0.2) is 58.7 Å². The fraction of sp³-hybridized carbons (Fsp3) is 0.360. The molecule has 0 bridgehead atoms. The summed E-state index contributed by atoms with van der Waals surface area (Å²) in [6.07, 6.45) is 0. The van der Waals surface area contributed by atoms with Crippen LogP contribution in [-0.2, 0) is 4.79 Å². The number of allylic oxidation sites excluding steroid dienone is 1. The molecule has 0 radical (unpaired) electrons. The highest BCUT2D eigenvalue weighted by Crippen LogP contribution is 2.43. The molecule has 1 atom stereocenters. The number of amidine groups is 1. The molecule has 0 unspecified atom stereocenters. The fourth-order valence-electron chi connectivity index (χ4n) is 3.48. The van der Waals surface area contributed by atoms with Gasteiger partial charge in [-0.3, -0.25) is 4.79 Å². The van der Waals surface area contributed by atoms with Crippen molar-refractivity contribution in [3.05, 3.63) is 59.3 Å². The third-order valence-corrected chi connectivity index (χ3v) is 6.36. The summed E-state index contributed by atoms with van der Waals surface area (Å²) in [5, 5.41) is 7.07. The smallest absolute Gasteiger partial charge is 0.255 e. The average Bonchev–Trinajstić information content (AvgIpc) is 2.81. The predicted molar refractivity (Wildman–Crippen MR) is 134 cm³/mol. The summed E-state index contributed by atoms with van der Waals surface area (Å²) in [7, 11) is 4.70. The van der Waals surface area contributed by atoms with E-state index in [1.165, 1.54) is 0 Å². The molecule has 0 spiro atoms. The second kappa shape index (κ2) is 11.1. The van der Waals surface area contributed by atoms with E-state index in [-0.39, 0.29) is 5.91 Å². The van der Waals surface area contributed by atoms with Crippen molar-refractivity contribution in [3.8, 4) is 17.2 Å². The molecule has 3 rings (SSSR count). The molecule has 1 amide bonds. The summed E-state index contributed by atoms with van der Waals surface area (Å²) >= 11 is 1.64. The van der Waals surface area contributed by atoms with E-state index in [1.54, 1.807) is 33.1 Å². The Morgan fingerprint density at radius 2 is 1.73 bits per heavy atom. The number of methoxy groups -OCH3 is 3. The van der Waals surface area contributed by atoms with Crippen LogP contribution in [0.4, 0.5) is 5.69 Å². The zero-order valence-electron chi connectivity index (χ0n) is 19.9. The third kappa shape index (κ3) is 5.82. The van der Waals surface area contributed by atoms with E-state index in [4.69, 9.17) is 19.2 Å². The topological polar surface area (TPSA) is 81.2 Å². The van der Waals surface area contributed by atoms with Crippen LogP contribution in [-0.4, -0.2) is 38.2 Å². The first-order valence-corrected chi connectivity index (χ1v) is 11.7. The lowest BCUT2D eigenvalue weighted by molar-refractivity contribution is -0.113. The number of para-hydroxylation sites is 1. The molecule has 1 heterocycles. The number of benzene rings is 2. The molecule has 7 nitrogen and oxygen atoms in total.